The normalized spacial score (nSPS) is 10.8. The summed E-state index contributed by atoms with van der Waals surface area (Å²) in [6.07, 6.45) is 5.60. The van der Waals surface area contributed by atoms with E-state index in [-0.39, 0.29) is 0 Å². The van der Waals surface area contributed by atoms with E-state index in [2.05, 4.69) is 38.0 Å². The molecule has 0 amide bonds. The molecule has 3 heterocycles. The molecule has 5 nitrogen and oxygen atoms in total. The van der Waals surface area contributed by atoms with Gasteiger partial charge in [0.05, 0.1) is 0 Å². The minimum absolute atomic E-state index is 0.638. The van der Waals surface area contributed by atoms with Crippen LogP contribution in [0.25, 0.3) is 27.8 Å². The van der Waals surface area contributed by atoms with E-state index in [4.69, 9.17) is 5.26 Å². The number of fused-ring (bicyclic) bond motifs is 1. The van der Waals surface area contributed by atoms with Crippen molar-refractivity contribution >= 4 is 32.4 Å². The Morgan fingerprint density at radius 2 is 2.13 bits per heavy atom. The fraction of sp³-hybridized carbons (Fsp3) is 0. The summed E-state index contributed by atoms with van der Waals surface area (Å²) in [5.41, 5.74) is 4.40. The van der Waals surface area contributed by atoms with Crippen LogP contribution in [0, 0.1) is 11.3 Å². The number of pyridine rings is 1. The summed E-state index contributed by atoms with van der Waals surface area (Å²) in [5, 5.41) is 14.7. The molecule has 108 valence electrons. The van der Waals surface area contributed by atoms with Crippen LogP contribution in [0.4, 0.5) is 0 Å². The number of nitriles is 1. The molecular weight excluding hydrogens is 349 g/mol. The molecule has 0 unspecified atom stereocenters. The topological polar surface area (TPSA) is 70.3 Å². The van der Waals surface area contributed by atoms with Crippen LogP contribution in [0.2, 0.25) is 0 Å². The molecule has 0 saturated carbocycles. The van der Waals surface area contributed by atoms with Gasteiger partial charge in [0.1, 0.15) is 0 Å². The Kier molecular flexibility index (Phi) is 3.25. The van der Waals surface area contributed by atoms with Gasteiger partial charge in [0.25, 0.3) is 0 Å². The molecule has 0 aliphatic heterocycles. The van der Waals surface area contributed by atoms with Gasteiger partial charge in [-0.15, -0.1) is 0 Å². The van der Waals surface area contributed by atoms with Gasteiger partial charge in [-0.05, 0) is 0 Å². The molecule has 1 N–H and O–H groups in total. The van der Waals surface area contributed by atoms with Crippen LogP contribution in [0.1, 0.15) is 5.56 Å². The quantitative estimate of drug-likeness (QED) is 0.557. The average molecular weight is 359 g/mol. The van der Waals surface area contributed by atoms with E-state index in [9.17, 15) is 0 Å². The van der Waals surface area contributed by atoms with Crippen LogP contribution in [-0.4, -0.2) is 36.6 Å². The van der Waals surface area contributed by atoms with Crippen molar-refractivity contribution in [1.82, 2.24) is 19.7 Å². The molecule has 0 fully saturated rings. The number of aromatic nitrogens is 4. The molecule has 3 aromatic heterocycles. The first-order chi connectivity index (χ1) is 11.3. The zero-order chi connectivity index (χ0) is 15.8. The molecular formula is C17H10AsN5. The number of aromatic amines is 1. The van der Waals surface area contributed by atoms with Crippen molar-refractivity contribution in [3.63, 3.8) is 0 Å². The van der Waals surface area contributed by atoms with Crippen molar-refractivity contribution in [3.05, 3.63) is 60.6 Å². The predicted molar refractivity (Wildman–Crippen MR) is 88.8 cm³/mol. The first-order valence-electron chi connectivity index (χ1n) is 6.98. The number of nitrogens with one attached hydrogen (secondary N) is 1. The molecule has 6 heteroatoms. The van der Waals surface area contributed by atoms with Crippen molar-refractivity contribution in [3.8, 4) is 22.9 Å². The zero-order valence-corrected chi connectivity index (χ0v) is 13.8. The van der Waals surface area contributed by atoms with E-state index >= 15 is 0 Å². The second kappa shape index (κ2) is 5.42. The third-order valence-electron chi connectivity index (χ3n) is 3.68. The molecule has 0 spiro atoms. The van der Waals surface area contributed by atoms with E-state index < -0.39 is 0 Å². The monoisotopic (exact) mass is 359 g/mol. The summed E-state index contributed by atoms with van der Waals surface area (Å²) in [6, 6.07) is 13.6. The van der Waals surface area contributed by atoms with Gasteiger partial charge < -0.3 is 0 Å². The van der Waals surface area contributed by atoms with Gasteiger partial charge in [-0.3, -0.25) is 0 Å². The summed E-state index contributed by atoms with van der Waals surface area (Å²) >= 11 is 2.49. The third-order valence-corrected chi connectivity index (χ3v) is 4.37. The molecule has 1 aromatic carbocycles. The minimum atomic E-state index is 0.638. The Hall–Kier alpha value is -2.83. The van der Waals surface area contributed by atoms with Crippen LogP contribution in [0.15, 0.2) is 55.0 Å². The number of nitrogens with zero attached hydrogens (tertiary/aromatic N) is 4. The molecule has 0 saturated heterocycles. The summed E-state index contributed by atoms with van der Waals surface area (Å²) in [4.78, 5) is 7.41. The standard InChI is InChI=1S/C17H10AsN5/c18-16-14(12-3-1-2-11(8-12)9-19)10-23(22-16)15-5-7-21-17-13(15)4-6-20-17/h1-8,10H,(H,20,21). The van der Waals surface area contributed by atoms with Gasteiger partial charge in [0.15, 0.2) is 0 Å². The summed E-state index contributed by atoms with van der Waals surface area (Å²) in [6.45, 7) is 0. The van der Waals surface area contributed by atoms with Gasteiger partial charge in [-0.25, -0.2) is 0 Å². The molecule has 0 aliphatic rings. The first-order valence-corrected chi connectivity index (χ1v) is 7.92. The van der Waals surface area contributed by atoms with Crippen LogP contribution in [0.3, 0.4) is 0 Å². The maximum atomic E-state index is 9.07. The van der Waals surface area contributed by atoms with Gasteiger partial charge in [0.2, 0.25) is 0 Å². The molecule has 0 bridgehead atoms. The maximum absolute atomic E-state index is 9.07. The van der Waals surface area contributed by atoms with E-state index in [1.165, 1.54) is 0 Å². The van der Waals surface area contributed by atoms with Crippen LogP contribution < -0.4 is 4.48 Å². The molecule has 23 heavy (non-hydrogen) atoms. The van der Waals surface area contributed by atoms with Gasteiger partial charge in [-0.2, -0.15) is 0 Å². The Bertz CT molecular complexity index is 1050. The molecule has 4 rings (SSSR count). The Morgan fingerprint density at radius 3 is 3.00 bits per heavy atom. The van der Waals surface area contributed by atoms with E-state index in [0.717, 1.165) is 32.3 Å². The number of hydrogen-bond donors (Lipinski definition) is 1. The molecule has 0 aliphatic carbocycles. The van der Waals surface area contributed by atoms with Crippen molar-refractivity contribution in [2.24, 2.45) is 0 Å². The molecule has 2 radical (unpaired) electrons. The van der Waals surface area contributed by atoms with E-state index in [1.54, 1.807) is 12.3 Å². The summed E-state index contributed by atoms with van der Waals surface area (Å²) < 4.78 is 2.70. The SMILES string of the molecule is N#Cc1cccc(-c2cn(-c3ccnc4[nH]ccc34)nc2[As])c1. The zero-order valence-electron chi connectivity index (χ0n) is 11.9. The van der Waals surface area contributed by atoms with Gasteiger partial charge in [-0.1, -0.05) is 0 Å². The molecule has 4 aromatic rings. The Balaban J connectivity index is 1.87. The van der Waals surface area contributed by atoms with E-state index in [1.807, 2.05) is 47.4 Å². The number of benzene rings is 1. The van der Waals surface area contributed by atoms with Gasteiger partial charge in [0, 0.05) is 0 Å². The van der Waals surface area contributed by atoms with Gasteiger partial charge >= 0.3 is 141 Å². The first kappa shape index (κ1) is 13.8. The average Bonchev–Trinajstić information content (AvgIpc) is 3.21. The third kappa shape index (κ3) is 2.34. The second-order valence-corrected chi connectivity index (χ2v) is 5.96. The Labute approximate surface area is 141 Å². The fourth-order valence-corrected chi connectivity index (χ4v) is 3.19. The van der Waals surface area contributed by atoms with Crippen LogP contribution >= 0.6 is 0 Å². The number of hydrogen-bond acceptors (Lipinski definition) is 3. The second-order valence-electron chi connectivity index (χ2n) is 5.07. The van der Waals surface area contributed by atoms with Crippen LogP contribution in [0.5, 0.6) is 0 Å². The van der Waals surface area contributed by atoms with Crippen molar-refractivity contribution < 1.29 is 0 Å². The fourth-order valence-electron chi connectivity index (χ4n) is 2.59. The van der Waals surface area contributed by atoms with Crippen molar-refractivity contribution in [1.29, 1.82) is 5.26 Å². The number of H-pyrrole nitrogens is 1. The number of rotatable bonds is 2. The predicted octanol–water partition coefficient (Wildman–Crippen LogP) is 2.08. The Morgan fingerprint density at radius 1 is 1.22 bits per heavy atom. The van der Waals surface area contributed by atoms with Crippen molar-refractivity contribution in [2.75, 3.05) is 0 Å². The molecule has 0 atom stereocenters. The van der Waals surface area contributed by atoms with Crippen LogP contribution in [-0.2, 0) is 0 Å². The summed E-state index contributed by atoms with van der Waals surface area (Å²) in [5.74, 6) is 0. The van der Waals surface area contributed by atoms with E-state index in [0.29, 0.717) is 5.56 Å². The summed E-state index contributed by atoms with van der Waals surface area (Å²) in [7, 11) is 0. The van der Waals surface area contributed by atoms with Crippen molar-refractivity contribution in [2.45, 2.75) is 0 Å².